The van der Waals surface area contributed by atoms with Crippen molar-refractivity contribution < 1.29 is 0 Å². The van der Waals surface area contributed by atoms with Gasteiger partial charge in [0.2, 0.25) is 0 Å². The Kier molecular flexibility index (Phi) is 2.90. The molecule has 0 spiro atoms. The Morgan fingerprint density at radius 3 is 2.43 bits per heavy atom. The molecule has 2 nitrogen and oxygen atoms in total. The molecule has 2 rings (SSSR count). The maximum Gasteiger partial charge on any atom is 0.105 e. The Morgan fingerprint density at radius 2 is 1.64 bits per heavy atom. The van der Waals surface area contributed by atoms with E-state index in [-0.39, 0.29) is 0 Å². The zero-order chi connectivity index (χ0) is 9.97. The van der Waals surface area contributed by atoms with Crippen molar-refractivity contribution in [1.29, 1.82) is 0 Å². The van der Waals surface area contributed by atoms with Crippen LogP contribution in [0, 0.1) is 6.92 Å². The monoisotopic (exact) mass is 192 g/mol. The standard InChI is InChI=1S/C12H20N2/c1-10-13-11-8-6-4-3-5-7-9-12(11)14(10)2/h3-9H2,1-2H3. The maximum absolute atomic E-state index is 4.66. The van der Waals surface area contributed by atoms with Crippen LogP contribution in [0.25, 0.3) is 0 Å². The van der Waals surface area contributed by atoms with E-state index in [4.69, 9.17) is 0 Å². The van der Waals surface area contributed by atoms with Gasteiger partial charge in [0.25, 0.3) is 0 Å². The second-order valence-electron chi connectivity index (χ2n) is 4.38. The third-order valence-electron chi connectivity index (χ3n) is 3.35. The fourth-order valence-corrected chi connectivity index (χ4v) is 2.35. The van der Waals surface area contributed by atoms with E-state index in [1.165, 1.54) is 62.2 Å². The number of hydrogen-bond acceptors (Lipinski definition) is 1. The summed E-state index contributed by atoms with van der Waals surface area (Å²) >= 11 is 0. The van der Waals surface area contributed by atoms with Crippen molar-refractivity contribution in [3.8, 4) is 0 Å². The zero-order valence-corrected chi connectivity index (χ0v) is 9.34. The van der Waals surface area contributed by atoms with Crippen LogP contribution < -0.4 is 0 Å². The van der Waals surface area contributed by atoms with E-state index in [0.29, 0.717) is 0 Å². The molecular weight excluding hydrogens is 172 g/mol. The number of fused-ring (bicyclic) bond motifs is 1. The predicted molar refractivity (Wildman–Crippen MR) is 58.4 cm³/mol. The molecule has 1 aliphatic rings. The molecule has 0 N–H and O–H groups in total. The van der Waals surface area contributed by atoms with Crippen LogP contribution >= 0.6 is 0 Å². The molecule has 0 atom stereocenters. The van der Waals surface area contributed by atoms with Gasteiger partial charge in [-0.3, -0.25) is 0 Å². The summed E-state index contributed by atoms with van der Waals surface area (Å²) in [4.78, 5) is 4.66. The van der Waals surface area contributed by atoms with Crippen molar-refractivity contribution >= 4 is 0 Å². The summed E-state index contributed by atoms with van der Waals surface area (Å²) in [5, 5.41) is 0. The van der Waals surface area contributed by atoms with Crippen LogP contribution in [0.2, 0.25) is 0 Å². The molecule has 0 radical (unpaired) electrons. The molecule has 0 fully saturated rings. The van der Waals surface area contributed by atoms with E-state index < -0.39 is 0 Å². The summed E-state index contributed by atoms with van der Waals surface area (Å²) in [6.07, 6.45) is 9.27. The quantitative estimate of drug-likeness (QED) is 0.618. The van der Waals surface area contributed by atoms with Gasteiger partial charge in [-0.2, -0.15) is 0 Å². The average Bonchev–Trinajstić information content (AvgIpc) is 2.49. The lowest BCUT2D eigenvalue weighted by Crippen LogP contribution is -2.00. The van der Waals surface area contributed by atoms with Crippen molar-refractivity contribution in [2.75, 3.05) is 0 Å². The van der Waals surface area contributed by atoms with Gasteiger partial charge >= 0.3 is 0 Å². The van der Waals surface area contributed by atoms with Crippen LogP contribution in [0.15, 0.2) is 0 Å². The van der Waals surface area contributed by atoms with Gasteiger partial charge in [-0.1, -0.05) is 19.3 Å². The van der Waals surface area contributed by atoms with E-state index in [9.17, 15) is 0 Å². The van der Waals surface area contributed by atoms with Gasteiger partial charge in [-0.25, -0.2) is 4.98 Å². The summed E-state index contributed by atoms with van der Waals surface area (Å²) < 4.78 is 2.28. The van der Waals surface area contributed by atoms with Gasteiger partial charge < -0.3 is 4.57 Å². The molecular formula is C12H20N2. The summed E-state index contributed by atoms with van der Waals surface area (Å²) in [5.41, 5.74) is 2.86. The minimum absolute atomic E-state index is 1.18. The third kappa shape index (κ3) is 1.84. The second-order valence-corrected chi connectivity index (χ2v) is 4.38. The number of aromatic nitrogens is 2. The second kappa shape index (κ2) is 4.16. The van der Waals surface area contributed by atoms with E-state index in [1.807, 2.05) is 0 Å². The maximum atomic E-state index is 4.66. The highest BCUT2D eigenvalue weighted by Gasteiger charge is 2.12. The van der Waals surface area contributed by atoms with Gasteiger partial charge in [0.1, 0.15) is 5.82 Å². The number of rotatable bonds is 0. The highest BCUT2D eigenvalue weighted by atomic mass is 15.1. The summed E-state index contributed by atoms with van der Waals surface area (Å²) in [6, 6.07) is 0. The lowest BCUT2D eigenvalue weighted by atomic mass is 10.1. The smallest absolute Gasteiger partial charge is 0.105 e. The van der Waals surface area contributed by atoms with E-state index >= 15 is 0 Å². The Labute approximate surface area is 86.3 Å². The van der Waals surface area contributed by atoms with E-state index in [2.05, 4.69) is 23.5 Å². The molecule has 1 heterocycles. The minimum Gasteiger partial charge on any atom is -0.335 e. The molecule has 1 aromatic heterocycles. The largest absolute Gasteiger partial charge is 0.335 e. The summed E-state index contributed by atoms with van der Waals surface area (Å²) in [7, 11) is 2.15. The Hall–Kier alpha value is -0.790. The van der Waals surface area contributed by atoms with Crippen molar-refractivity contribution in [2.45, 2.75) is 51.9 Å². The predicted octanol–water partition coefficient (Wildman–Crippen LogP) is 2.78. The zero-order valence-electron chi connectivity index (χ0n) is 9.34. The molecule has 0 bridgehead atoms. The molecule has 2 heteroatoms. The SMILES string of the molecule is Cc1nc2c(n1C)CCCCCCC2. The molecule has 1 aromatic rings. The fraction of sp³-hybridized carbons (Fsp3) is 0.750. The third-order valence-corrected chi connectivity index (χ3v) is 3.35. The number of hydrogen-bond donors (Lipinski definition) is 0. The van der Waals surface area contributed by atoms with Crippen molar-refractivity contribution in [1.82, 2.24) is 9.55 Å². The van der Waals surface area contributed by atoms with Gasteiger partial charge in [-0.05, 0) is 32.6 Å². The van der Waals surface area contributed by atoms with Crippen LogP contribution in [0.5, 0.6) is 0 Å². The van der Waals surface area contributed by atoms with Crippen molar-refractivity contribution in [2.24, 2.45) is 7.05 Å². The van der Waals surface area contributed by atoms with Gasteiger partial charge in [0.15, 0.2) is 0 Å². The van der Waals surface area contributed by atoms with Crippen LogP contribution in [-0.4, -0.2) is 9.55 Å². The van der Waals surface area contributed by atoms with Crippen LogP contribution in [0.3, 0.4) is 0 Å². The lowest BCUT2D eigenvalue weighted by molar-refractivity contribution is 0.619. The highest BCUT2D eigenvalue weighted by Crippen LogP contribution is 2.19. The Morgan fingerprint density at radius 1 is 1.00 bits per heavy atom. The van der Waals surface area contributed by atoms with Crippen LogP contribution in [0.4, 0.5) is 0 Å². The first-order chi connectivity index (χ1) is 6.79. The van der Waals surface area contributed by atoms with Crippen molar-refractivity contribution in [3.05, 3.63) is 17.2 Å². The van der Waals surface area contributed by atoms with Crippen LogP contribution in [0.1, 0.15) is 49.3 Å². The molecule has 78 valence electrons. The summed E-state index contributed by atoms with van der Waals surface area (Å²) in [5.74, 6) is 1.18. The number of imidazole rings is 1. The fourth-order valence-electron chi connectivity index (χ4n) is 2.35. The van der Waals surface area contributed by atoms with Crippen molar-refractivity contribution in [3.63, 3.8) is 0 Å². The molecule has 14 heavy (non-hydrogen) atoms. The van der Waals surface area contributed by atoms with Gasteiger partial charge in [0, 0.05) is 12.7 Å². The Balaban J connectivity index is 2.26. The number of nitrogens with zero attached hydrogens (tertiary/aromatic N) is 2. The molecule has 1 aliphatic carbocycles. The molecule has 0 saturated carbocycles. The average molecular weight is 192 g/mol. The molecule has 0 aliphatic heterocycles. The van der Waals surface area contributed by atoms with E-state index in [1.54, 1.807) is 0 Å². The first kappa shape index (κ1) is 9.75. The summed E-state index contributed by atoms with van der Waals surface area (Å²) in [6.45, 7) is 2.11. The first-order valence-corrected chi connectivity index (χ1v) is 5.80. The lowest BCUT2D eigenvalue weighted by Gasteiger charge is -2.04. The van der Waals surface area contributed by atoms with Crippen LogP contribution in [-0.2, 0) is 19.9 Å². The van der Waals surface area contributed by atoms with E-state index in [0.717, 1.165) is 0 Å². The van der Waals surface area contributed by atoms with Gasteiger partial charge in [-0.15, -0.1) is 0 Å². The molecule has 0 saturated heterocycles. The topological polar surface area (TPSA) is 17.8 Å². The Bertz CT molecular complexity index is 312. The first-order valence-electron chi connectivity index (χ1n) is 5.80. The van der Waals surface area contributed by atoms with Gasteiger partial charge in [0.05, 0.1) is 5.69 Å². The molecule has 0 amide bonds. The number of aryl methyl sites for hydroxylation is 2. The highest BCUT2D eigenvalue weighted by molar-refractivity contribution is 5.17. The minimum atomic E-state index is 1.18. The molecule has 0 unspecified atom stereocenters. The normalized spacial score (nSPS) is 18.1. The molecule has 0 aromatic carbocycles.